The molecule has 212 valence electrons. The maximum Gasteiger partial charge on any atom is 0.161 e. The third kappa shape index (κ3) is 5.38. The zero-order valence-corrected chi connectivity index (χ0v) is 22.6. The number of rotatable bonds is 9. The van der Waals surface area contributed by atoms with Crippen LogP contribution < -0.4 is 14.8 Å². The normalized spacial score (nSPS) is 17.5. The van der Waals surface area contributed by atoms with E-state index in [2.05, 4.69) is 16.4 Å². The highest BCUT2D eigenvalue weighted by Gasteiger charge is 2.39. The van der Waals surface area contributed by atoms with Gasteiger partial charge in [-0.2, -0.15) is 5.26 Å². The first-order chi connectivity index (χ1) is 20.0. The number of methoxy groups -OCH3 is 1. The minimum atomic E-state index is -1.02. The van der Waals surface area contributed by atoms with Crippen LogP contribution in [0.3, 0.4) is 0 Å². The number of aliphatic hydroxyl groups is 2. The smallest absolute Gasteiger partial charge is 0.161 e. The number of fused-ring (bicyclic) bond motifs is 1. The molecule has 0 bridgehead atoms. The number of nitrogens with zero attached hydrogens (tertiary/aromatic N) is 2. The fourth-order valence-corrected chi connectivity index (χ4v) is 5.18. The number of aliphatic hydroxyl groups excluding tert-OH is 2. The van der Waals surface area contributed by atoms with E-state index in [1.807, 2.05) is 36.4 Å². The third-order valence-corrected chi connectivity index (χ3v) is 7.59. The maximum atomic E-state index is 10.8. The van der Waals surface area contributed by atoms with Crippen LogP contribution in [0.15, 0.2) is 59.1 Å². The quantitative estimate of drug-likeness (QED) is 0.259. The van der Waals surface area contributed by atoms with Crippen LogP contribution in [-0.4, -0.2) is 67.0 Å². The summed E-state index contributed by atoms with van der Waals surface area (Å²) in [7, 11) is 1.55. The number of aromatic nitrogens is 1. The van der Waals surface area contributed by atoms with Crippen molar-refractivity contribution in [2.75, 3.05) is 40.1 Å². The molecule has 1 unspecified atom stereocenters. The lowest BCUT2D eigenvalue weighted by atomic mass is 9.97. The lowest BCUT2D eigenvalue weighted by Gasteiger charge is -2.42. The number of ether oxygens (including phenoxy) is 4. The van der Waals surface area contributed by atoms with Crippen LogP contribution in [0.1, 0.15) is 30.2 Å². The molecule has 10 heteroatoms. The van der Waals surface area contributed by atoms with Crippen LogP contribution >= 0.6 is 0 Å². The topological polar surface area (TPSA) is 139 Å². The van der Waals surface area contributed by atoms with Gasteiger partial charge in [0, 0.05) is 30.7 Å². The zero-order chi connectivity index (χ0) is 28.4. The van der Waals surface area contributed by atoms with Crippen LogP contribution in [0.25, 0.3) is 33.6 Å². The Hall–Kier alpha value is -3.98. The monoisotopic (exact) mass is 557 g/mol. The van der Waals surface area contributed by atoms with Crippen LogP contribution in [0, 0.1) is 11.3 Å². The van der Waals surface area contributed by atoms with Crippen molar-refractivity contribution in [3.8, 4) is 40.0 Å². The Morgan fingerprint density at radius 2 is 1.90 bits per heavy atom. The van der Waals surface area contributed by atoms with Crippen molar-refractivity contribution in [2.45, 2.75) is 30.7 Å². The second-order valence-electron chi connectivity index (χ2n) is 10.4. The molecule has 2 aliphatic rings. The van der Waals surface area contributed by atoms with Gasteiger partial charge >= 0.3 is 0 Å². The molecule has 3 N–H and O–H groups in total. The summed E-state index contributed by atoms with van der Waals surface area (Å²) in [6.45, 7) is 1.82. The minimum absolute atomic E-state index is 0.0308. The average Bonchev–Trinajstić information content (AvgIpc) is 3.44. The van der Waals surface area contributed by atoms with Gasteiger partial charge < -0.3 is 33.6 Å². The molecule has 0 radical (unpaired) electrons. The molecule has 0 amide bonds. The van der Waals surface area contributed by atoms with E-state index in [1.165, 1.54) is 0 Å². The number of hydrogen-bond acceptors (Lipinski definition) is 10. The van der Waals surface area contributed by atoms with Gasteiger partial charge in [-0.15, -0.1) is 0 Å². The lowest BCUT2D eigenvalue weighted by molar-refractivity contribution is -0.118. The van der Waals surface area contributed by atoms with E-state index in [9.17, 15) is 15.5 Å². The Morgan fingerprint density at radius 3 is 2.61 bits per heavy atom. The van der Waals surface area contributed by atoms with E-state index in [-0.39, 0.29) is 12.7 Å². The van der Waals surface area contributed by atoms with E-state index >= 15 is 0 Å². The molecule has 4 heterocycles. The first kappa shape index (κ1) is 27.2. The van der Waals surface area contributed by atoms with Gasteiger partial charge in [0.2, 0.25) is 0 Å². The van der Waals surface area contributed by atoms with E-state index in [0.717, 1.165) is 24.0 Å². The Bertz CT molecular complexity index is 1580. The van der Waals surface area contributed by atoms with E-state index in [4.69, 9.17) is 23.4 Å². The van der Waals surface area contributed by atoms with Gasteiger partial charge in [-0.1, -0.05) is 12.1 Å². The predicted molar refractivity (Wildman–Crippen MR) is 149 cm³/mol. The Kier molecular flexibility index (Phi) is 7.62. The molecule has 0 spiro atoms. The molecule has 6 rings (SSSR count). The summed E-state index contributed by atoms with van der Waals surface area (Å²) in [6.07, 6.45) is 2.31. The fraction of sp³-hybridized carbons (Fsp3) is 0.355. The van der Waals surface area contributed by atoms with Crippen molar-refractivity contribution in [1.82, 2.24) is 10.3 Å². The number of nitriles is 1. The highest BCUT2D eigenvalue weighted by molar-refractivity contribution is 5.93. The maximum absolute atomic E-state index is 10.8. The molecule has 2 aromatic heterocycles. The van der Waals surface area contributed by atoms with Gasteiger partial charge in [-0.05, 0) is 41.5 Å². The highest BCUT2D eigenvalue weighted by Crippen LogP contribution is 2.39. The van der Waals surface area contributed by atoms with E-state index < -0.39 is 11.8 Å². The van der Waals surface area contributed by atoms with Crippen molar-refractivity contribution in [3.63, 3.8) is 0 Å². The molecule has 2 saturated heterocycles. The van der Waals surface area contributed by atoms with Gasteiger partial charge in [0.25, 0.3) is 0 Å². The van der Waals surface area contributed by atoms with Gasteiger partial charge in [-0.3, -0.25) is 10.3 Å². The van der Waals surface area contributed by atoms with Gasteiger partial charge in [0.05, 0.1) is 56.8 Å². The van der Waals surface area contributed by atoms with Crippen molar-refractivity contribution in [2.24, 2.45) is 0 Å². The summed E-state index contributed by atoms with van der Waals surface area (Å²) < 4.78 is 28.7. The molecule has 1 atom stereocenters. The van der Waals surface area contributed by atoms with Gasteiger partial charge in [0.1, 0.15) is 41.2 Å². The van der Waals surface area contributed by atoms with E-state index in [0.29, 0.717) is 71.5 Å². The second-order valence-corrected chi connectivity index (χ2v) is 10.4. The molecular formula is C31H31N3O7. The van der Waals surface area contributed by atoms with Crippen molar-refractivity contribution in [3.05, 3.63) is 65.9 Å². The SMILES string of the molecule is COc1cc(C(O)NC2(CO)COC2)ccc1-c1cc2nccc(-c3ccc(OC4CCOCC4)c(C#N)c3)c2o1. The van der Waals surface area contributed by atoms with Crippen molar-refractivity contribution < 1.29 is 33.6 Å². The predicted octanol–water partition coefficient (Wildman–Crippen LogP) is 3.94. The Labute approximate surface area is 237 Å². The second kappa shape index (κ2) is 11.5. The minimum Gasteiger partial charge on any atom is -0.496 e. The molecular weight excluding hydrogens is 526 g/mol. The van der Waals surface area contributed by atoms with Crippen LogP contribution in [0.4, 0.5) is 0 Å². The first-order valence-corrected chi connectivity index (χ1v) is 13.5. The molecule has 4 aromatic rings. The number of benzene rings is 2. The molecule has 2 aromatic carbocycles. The van der Waals surface area contributed by atoms with Crippen molar-refractivity contribution >= 4 is 11.1 Å². The number of pyridine rings is 1. The first-order valence-electron chi connectivity index (χ1n) is 13.5. The Morgan fingerprint density at radius 1 is 1.07 bits per heavy atom. The lowest BCUT2D eigenvalue weighted by Crippen LogP contribution is -2.63. The standard InChI is InChI=1S/C31H31N3O7/c1-37-27-13-20(30(36)34-31(16-35)17-39-18-31)2-4-24(27)28-14-25-29(41-28)23(6-9-33-25)19-3-5-26(21(12-19)15-32)40-22-7-10-38-11-8-22/h2-6,9,12-14,22,30,34-36H,7-8,10-11,16-18H2,1H3. The summed E-state index contributed by atoms with van der Waals surface area (Å²) >= 11 is 0. The molecule has 2 fully saturated rings. The summed E-state index contributed by atoms with van der Waals surface area (Å²) in [6, 6.07) is 16.8. The number of hydrogen-bond donors (Lipinski definition) is 3. The number of furan rings is 1. The highest BCUT2D eigenvalue weighted by atomic mass is 16.5. The van der Waals surface area contributed by atoms with Crippen LogP contribution in [-0.2, 0) is 9.47 Å². The molecule has 0 saturated carbocycles. The van der Waals surface area contributed by atoms with Crippen LogP contribution in [0.5, 0.6) is 11.5 Å². The van der Waals surface area contributed by atoms with Crippen molar-refractivity contribution in [1.29, 1.82) is 5.26 Å². The molecule has 0 aliphatic carbocycles. The molecule has 41 heavy (non-hydrogen) atoms. The zero-order valence-electron chi connectivity index (χ0n) is 22.6. The fourth-order valence-electron chi connectivity index (χ4n) is 5.18. The summed E-state index contributed by atoms with van der Waals surface area (Å²) in [5.41, 5.74) is 3.89. The summed E-state index contributed by atoms with van der Waals surface area (Å²) in [5.74, 6) is 1.61. The third-order valence-electron chi connectivity index (χ3n) is 7.59. The summed E-state index contributed by atoms with van der Waals surface area (Å²) in [4.78, 5) is 4.50. The van der Waals surface area contributed by atoms with Gasteiger partial charge in [0.15, 0.2) is 5.58 Å². The summed E-state index contributed by atoms with van der Waals surface area (Å²) in [5, 5.41) is 33.3. The average molecular weight is 558 g/mol. The van der Waals surface area contributed by atoms with E-state index in [1.54, 1.807) is 25.4 Å². The Balaban J connectivity index is 1.29. The molecule has 2 aliphatic heterocycles. The molecule has 10 nitrogen and oxygen atoms in total. The van der Waals surface area contributed by atoms with Gasteiger partial charge in [-0.25, -0.2) is 0 Å². The number of nitrogens with one attached hydrogen (secondary N) is 1. The van der Waals surface area contributed by atoms with Crippen LogP contribution in [0.2, 0.25) is 0 Å². The largest absolute Gasteiger partial charge is 0.496 e.